The van der Waals surface area contributed by atoms with Gasteiger partial charge in [0.25, 0.3) is 0 Å². The summed E-state index contributed by atoms with van der Waals surface area (Å²) in [5.41, 5.74) is 7.11. The van der Waals surface area contributed by atoms with Crippen LogP contribution in [-0.2, 0) is 30.9 Å². The molecule has 1 aliphatic rings. The molecule has 0 bridgehead atoms. The van der Waals surface area contributed by atoms with Gasteiger partial charge in [-0.05, 0) is 0 Å². The number of rotatable bonds is 7. The van der Waals surface area contributed by atoms with E-state index >= 15 is 0 Å². The number of cyclic esters (lactones) is 1. The molecule has 0 aliphatic carbocycles. The van der Waals surface area contributed by atoms with Crippen LogP contribution in [0, 0.1) is 5.92 Å². The van der Waals surface area contributed by atoms with E-state index in [1.54, 1.807) is 22.5 Å². The van der Waals surface area contributed by atoms with Gasteiger partial charge in [-0.15, -0.1) is 0 Å². The molecule has 27 heavy (non-hydrogen) atoms. The van der Waals surface area contributed by atoms with Crippen molar-refractivity contribution in [2.45, 2.75) is 31.4 Å². The third-order valence-electron chi connectivity index (χ3n) is 4.66. The molecule has 0 saturated carbocycles. The summed E-state index contributed by atoms with van der Waals surface area (Å²) in [6.07, 6.45) is 2.35. The van der Waals surface area contributed by atoms with Crippen molar-refractivity contribution in [1.29, 1.82) is 0 Å². The highest BCUT2D eigenvalue weighted by atomic mass is 16.6. The van der Waals surface area contributed by atoms with Gasteiger partial charge >= 0.3 is 23.6 Å². The quantitative estimate of drug-likeness (QED) is 0.473. The maximum atomic E-state index is 11.9. The zero-order valence-corrected chi connectivity index (χ0v) is 14.9. The van der Waals surface area contributed by atoms with Crippen LogP contribution in [0.1, 0.15) is 25.3 Å². The largest absolute Gasteiger partial charge is 0.481 e. The molecule has 11 nitrogen and oxygen atoms in total. The first-order valence-corrected chi connectivity index (χ1v) is 8.27. The third-order valence-corrected chi connectivity index (χ3v) is 4.66. The Balaban J connectivity index is 1.94. The van der Waals surface area contributed by atoms with Gasteiger partial charge in [-0.3, -0.25) is 19.0 Å². The van der Waals surface area contributed by atoms with Gasteiger partial charge < -0.3 is 20.3 Å². The molecule has 3 N–H and O–H groups in total. The topological polar surface area (TPSA) is 151 Å². The summed E-state index contributed by atoms with van der Waals surface area (Å²) < 4.78 is 13.4. The van der Waals surface area contributed by atoms with E-state index in [9.17, 15) is 14.4 Å². The Bertz CT molecular complexity index is 910. The van der Waals surface area contributed by atoms with Gasteiger partial charge in [0, 0.05) is 6.42 Å². The number of aromatic nitrogens is 4. The SMILES string of the molecule is COC(=O)CC(CC1OC(=O)C1CC(=O)O)n1c[n+](C)c2ncnc(N)c21. The lowest BCUT2D eigenvalue weighted by molar-refractivity contribution is -0.647. The molecule has 11 heteroatoms. The van der Waals surface area contributed by atoms with Gasteiger partial charge in [0.2, 0.25) is 5.52 Å². The fourth-order valence-electron chi connectivity index (χ4n) is 3.32. The molecular weight excluding hydrogens is 358 g/mol. The number of esters is 2. The minimum absolute atomic E-state index is 0.0115. The molecule has 1 saturated heterocycles. The van der Waals surface area contributed by atoms with Crippen molar-refractivity contribution in [3.63, 3.8) is 0 Å². The number of carbonyl (C=O) groups excluding carboxylic acids is 2. The number of aliphatic carboxylic acids is 1. The number of imidazole rings is 1. The van der Waals surface area contributed by atoms with E-state index in [1.807, 2.05) is 0 Å². The molecule has 2 aromatic heterocycles. The number of ether oxygens (including phenoxy) is 2. The number of carboxylic acid groups (broad SMARTS) is 1. The van der Waals surface area contributed by atoms with Crippen LogP contribution in [0.15, 0.2) is 12.7 Å². The van der Waals surface area contributed by atoms with Gasteiger partial charge in [-0.1, -0.05) is 4.98 Å². The maximum Gasteiger partial charge on any atom is 0.313 e. The predicted octanol–water partition coefficient (Wildman–Crippen LogP) is -0.651. The number of fused-ring (bicyclic) bond motifs is 1. The summed E-state index contributed by atoms with van der Waals surface area (Å²) in [4.78, 5) is 42.7. The number of carbonyl (C=O) groups is 3. The van der Waals surface area contributed by atoms with Gasteiger partial charge in [-0.2, -0.15) is 4.98 Å². The Kier molecular flexibility index (Phi) is 4.93. The number of methoxy groups -OCH3 is 1. The Morgan fingerprint density at radius 1 is 1.48 bits per heavy atom. The van der Waals surface area contributed by atoms with Crippen LogP contribution in [-0.4, -0.2) is 50.8 Å². The zero-order valence-electron chi connectivity index (χ0n) is 14.9. The first kappa shape index (κ1) is 18.5. The van der Waals surface area contributed by atoms with Crippen LogP contribution in [0.3, 0.4) is 0 Å². The van der Waals surface area contributed by atoms with Crippen LogP contribution >= 0.6 is 0 Å². The number of hydrogen-bond acceptors (Lipinski definition) is 8. The Morgan fingerprint density at radius 3 is 2.85 bits per heavy atom. The van der Waals surface area contributed by atoms with E-state index in [4.69, 9.17) is 20.3 Å². The van der Waals surface area contributed by atoms with Crippen molar-refractivity contribution >= 4 is 34.9 Å². The number of aryl methyl sites for hydroxylation is 1. The Morgan fingerprint density at radius 2 is 2.22 bits per heavy atom. The summed E-state index contributed by atoms with van der Waals surface area (Å²) in [6, 6.07) is -0.483. The lowest BCUT2D eigenvalue weighted by Crippen LogP contribution is -2.47. The minimum Gasteiger partial charge on any atom is -0.481 e. The Labute approximate surface area is 153 Å². The number of nitrogen functional groups attached to an aromatic ring is 1. The lowest BCUT2D eigenvalue weighted by Gasteiger charge is -2.35. The van der Waals surface area contributed by atoms with Crippen molar-refractivity contribution in [3.8, 4) is 0 Å². The molecule has 3 rings (SSSR count). The van der Waals surface area contributed by atoms with Crippen LogP contribution in [0.25, 0.3) is 11.2 Å². The number of carboxylic acids is 1. The zero-order chi connectivity index (χ0) is 19.7. The standard InChI is InChI=1S/C16H19N5O6/c1-20-7-21(13-14(17)18-6-19-15(13)20)8(4-12(24)26-2)3-10-9(5-11(22)23)16(25)27-10/h6-10H,3-5H2,1-2H3,(H2-,17,18,19,22,23)/p+1. The highest BCUT2D eigenvalue weighted by molar-refractivity contribution is 5.84. The van der Waals surface area contributed by atoms with Crippen LogP contribution in [0.2, 0.25) is 0 Å². The van der Waals surface area contributed by atoms with Gasteiger partial charge in [0.1, 0.15) is 12.0 Å². The summed E-state index contributed by atoms with van der Waals surface area (Å²) in [5, 5.41) is 8.98. The summed E-state index contributed by atoms with van der Waals surface area (Å²) in [7, 11) is 3.05. The van der Waals surface area contributed by atoms with Crippen molar-refractivity contribution in [2.75, 3.05) is 12.8 Å². The highest BCUT2D eigenvalue weighted by Gasteiger charge is 2.46. The number of nitrogens with zero attached hydrogens (tertiary/aromatic N) is 4. The molecule has 0 amide bonds. The van der Waals surface area contributed by atoms with Gasteiger partial charge in [-0.25, -0.2) is 4.57 Å². The fraction of sp³-hybridized carbons (Fsp3) is 0.500. The highest BCUT2D eigenvalue weighted by Crippen LogP contribution is 2.34. The molecular formula is C16H20N5O6+. The molecule has 3 heterocycles. The Hall–Kier alpha value is -3.24. The predicted molar refractivity (Wildman–Crippen MR) is 89.0 cm³/mol. The molecule has 3 unspecified atom stereocenters. The summed E-state index contributed by atoms with van der Waals surface area (Å²) in [6.45, 7) is 0. The monoisotopic (exact) mass is 378 g/mol. The number of anilines is 1. The minimum atomic E-state index is -1.08. The second-order valence-electron chi connectivity index (χ2n) is 6.41. The average molecular weight is 378 g/mol. The first-order valence-electron chi connectivity index (χ1n) is 8.27. The number of hydrogen-bond donors (Lipinski definition) is 2. The van der Waals surface area contributed by atoms with Gasteiger partial charge in [0.15, 0.2) is 18.5 Å². The molecule has 3 atom stereocenters. The van der Waals surface area contributed by atoms with Crippen LogP contribution < -0.4 is 10.3 Å². The first-order chi connectivity index (χ1) is 12.8. The molecule has 2 aromatic rings. The molecule has 144 valence electrons. The van der Waals surface area contributed by atoms with E-state index < -0.39 is 36.0 Å². The van der Waals surface area contributed by atoms with E-state index in [-0.39, 0.29) is 25.1 Å². The third kappa shape index (κ3) is 3.52. The smallest absolute Gasteiger partial charge is 0.313 e. The summed E-state index contributed by atoms with van der Waals surface area (Å²) >= 11 is 0. The van der Waals surface area contributed by atoms with Crippen LogP contribution in [0.5, 0.6) is 0 Å². The van der Waals surface area contributed by atoms with Crippen molar-refractivity contribution in [2.24, 2.45) is 13.0 Å². The molecule has 1 aliphatic heterocycles. The van der Waals surface area contributed by atoms with Crippen LogP contribution in [0.4, 0.5) is 5.82 Å². The lowest BCUT2D eigenvalue weighted by atomic mass is 9.88. The molecule has 0 spiro atoms. The molecule has 1 fully saturated rings. The number of nitrogens with two attached hydrogens (primary N) is 1. The van der Waals surface area contributed by atoms with E-state index in [1.165, 1.54) is 13.4 Å². The van der Waals surface area contributed by atoms with E-state index in [2.05, 4.69) is 9.97 Å². The molecule has 0 aromatic carbocycles. The van der Waals surface area contributed by atoms with E-state index in [0.29, 0.717) is 11.2 Å². The van der Waals surface area contributed by atoms with Gasteiger partial charge in [0.05, 0.1) is 33.0 Å². The second-order valence-corrected chi connectivity index (χ2v) is 6.41. The fourth-order valence-corrected chi connectivity index (χ4v) is 3.32. The van der Waals surface area contributed by atoms with Crippen molar-refractivity contribution in [3.05, 3.63) is 12.7 Å². The van der Waals surface area contributed by atoms with Crippen molar-refractivity contribution < 1.29 is 33.5 Å². The average Bonchev–Trinajstić information content (AvgIpc) is 2.96. The second kappa shape index (κ2) is 7.17. The van der Waals surface area contributed by atoms with Crippen molar-refractivity contribution in [1.82, 2.24) is 14.5 Å². The maximum absolute atomic E-state index is 11.9. The summed E-state index contributed by atoms with van der Waals surface area (Å²) in [5.74, 6) is -2.60. The van der Waals surface area contributed by atoms with E-state index in [0.717, 1.165) is 0 Å². The molecule has 0 radical (unpaired) electrons. The normalized spacial score (nSPS) is 20.0.